The van der Waals surface area contributed by atoms with Crippen molar-refractivity contribution in [3.63, 3.8) is 0 Å². The highest BCUT2D eigenvalue weighted by molar-refractivity contribution is 7.60. The summed E-state index contributed by atoms with van der Waals surface area (Å²) in [5.74, 6) is -0.435. The van der Waals surface area contributed by atoms with Gasteiger partial charge in [-0.25, -0.2) is 0 Å². The predicted octanol–water partition coefficient (Wildman–Crippen LogP) is 2.70. The lowest BCUT2D eigenvalue weighted by Crippen LogP contribution is -2.46. The number of hydrogen-bond acceptors (Lipinski definition) is 5. The first-order valence-corrected chi connectivity index (χ1v) is 7.13. The van der Waals surface area contributed by atoms with Gasteiger partial charge in [-0.2, -0.15) is 0 Å². The van der Waals surface area contributed by atoms with Crippen LogP contribution in [0.2, 0.25) is 0 Å². The zero-order valence-electron chi connectivity index (χ0n) is 8.94. The Morgan fingerprint density at radius 1 is 1.44 bits per heavy atom. The minimum atomic E-state index is -3.72. The summed E-state index contributed by atoms with van der Waals surface area (Å²) in [4.78, 5) is 10.7. The van der Waals surface area contributed by atoms with E-state index in [4.69, 9.17) is 37.0 Å². The van der Waals surface area contributed by atoms with Gasteiger partial charge >= 0.3 is 13.6 Å². The summed E-state index contributed by atoms with van der Waals surface area (Å²) in [6.07, 6.45) is -0.843. The lowest BCUT2D eigenvalue weighted by Gasteiger charge is -2.38. The third-order valence-electron chi connectivity index (χ3n) is 1.98. The van der Waals surface area contributed by atoms with E-state index in [-0.39, 0.29) is 19.6 Å². The maximum atomic E-state index is 12.3. The predicted molar refractivity (Wildman–Crippen MR) is 59.8 cm³/mol. The smallest absolute Gasteiger partial charge is 0.370 e. The van der Waals surface area contributed by atoms with E-state index in [1.807, 2.05) is 0 Å². The molecule has 0 aromatic heterocycles. The lowest BCUT2D eigenvalue weighted by molar-refractivity contribution is -0.169. The van der Waals surface area contributed by atoms with Crippen molar-refractivity contribution in [3.8, 4) is 0 Å². The Morgan fingerprint density at radius 2 is 1.88 bits per heavy atom. The molecule has 8 heteroatoms. The van der Waals surface area contributed by atoms with Crippen molar-refractivity contribution in [2.75, 3.05) is 13.2 Å². The quantitative estimate of drug-likeness (QED) is 0.428. The Bertz CT molecular complexity index is 302. The number of hydrogen-bond donors (Lipinski definition) is 0. The molecule has 16 heavy (non-hydrogen) atoms. The minimum absolute atomic E-state index is 0.0111. The summed E-state index contributed by atoms with van der Waals surface area (Å²) in [6, 6.07) is 0. The van der Waals surface area contributed by atoms with Crippen LogP contribution in [0, 0.1) is 0 Å². The molecule has 1 aliphatic heterocycles. The third-order valence-corrected chi connectivity index (χ3v) is 5.92. The maximum Gasteiger partial charge on any atom is 0.370 e. The Morgan fingerprint density at radius 3 is 2.19 bits per heavy atom. The van der Waals surface area contributed by atoms with Crippen LogP contribution in [0.25, 0.3) is 0 Å². The molecule has 0 radical (unpaired) electrons. The highest BCUT2D eigenvalue weighted by Crippen LogP contribution is 2.67. The molecule has 1 heterocycles. The summed E-state index contributed by atoms with van der Waals surface area (Å²) in [5, 5.41) is 0. The van der Waals surface area contributed by atoms with Crippen molar-refractivity contribution in [3.05, 3.63) is 0 Å². The number of esters is 1. The molecule has 0 N–H and O–H groups in total. The summed E-state index contributed by atoms with van der Waals surface area (Å²) in [7, 11) is -3.72. The fourth-order valence-electron chi connectivity index (χ4n) is 1.22. The molecule has 94 valence electrons. The summed E-state index contributed by atoms with van der Waals surface area (Å²) >= 11 is 11.9. The Hall–Kier alpha value is 0.200. The molecular formula is C8H13Cl2O5P. The molecule has 0 saturated carbocycles. The maximum absolute atomic E-state index is 12.3. The van der Waals surface area contributed by atoms with Gasteiger partial charge < -0.3 is 13.8 Å². The van der Waals surface area contributed by atoms with E-state index in [2.05, 4.69) is 0 Å². The largest absolute Gasteiger partial charge is 0.458 e. The number of ether oxygens (including phenoxy) is 1. The van der Waals surface area contributed by atoms with E-state index in [9.17, 15) is 9.36 Å². The Labute approximate surface area is 104 Å². The van der Waals surface area contributed by atoms with Gasteiger partial charge in [0, 0.05) is 0 Å². The van der Waals surface area contributed by atoms with Crippen LogP contribution < -0.4 is 0 Å². The minimum Gasteiger partial charge on any atom is -0.458 e. The molecular weight excluding hydrogens is 278 g/mol. The number of rotatable bonds is 6. The van der Waals surface area contributed by atoms with Crippen LogP contribution in [-0.4, -0.2) is 29.4 Å². The topological polar surface area (TPSA) is 61.8 Å². The molecule has 0 aliphatic carbocycles. The molecule has 1 aliphatic rings. The summed E-state index contributed by atoms with van der Waals surface area (Å²) in [6.45, 7) is 3.56. The van der Waals surface area contributed by atoms with E-state index < -0.39 is 23.7 Å². The van der Waals surface area contributed by atoms with Crippen LogP contribution in [0.3, 0.4) is 0 Å². The first kappa shape index (κ1) is 14.3. The van der Waals surface area contributed by atoms with Crippen LogP contribution in [-0.2, 0) is 23.1 Å². The van der Waals surface area contributed by atoms with E-state index in [1.54, 1.807) is 13.8 Å². The second-order valence-electron chi connectivity index (χ2n) is 3.10. The van der Waals surface area contributed by atoms with Crippen molar-refractivity contribution in [1.82, 2.24) is 0 Å². The molecule has 0 spiro atoms. The van der Waals surface area contributed by atoms with Crippen molar-refractivity contribution in [1.29, 1.82) is 0 Å². The van der Waals surface area contributed by atoms with Gasteiger partial charge in [0.15, 0.2) is 6.10 Å². The van der Waals surface area contributed by atoms with Gasteiger partial charge in [0.2, 0.25) is 0 Å². The zero-order chi connectivity index (χ0) is 12.4. The third kappa shape index (κ3) is 2.54. The Balaban J connectivity index is 2.83. The van der Waals surface area contributed by atoms with Crippen LogP contribution in [0.4, 0.5) is 0 Å². The van der Waals surface area contributed by atoms with Crippen molar-refractivity contribution in [2.24, 2.45) is 0 Å². The molecule has 0 aromatic carbocycles. The number of carbonyl (C=O) groups excluding carboxylic acids is 1. The lowest BCUT2D eigenvalue weighted by atomic mass is 10.2. The van der Waals surface area contributed by atoms with E-state index in [0.29, 0.717) is 0 Å². The molecule has 5 nitrogen and oxygen atoms in total. The zero-order valence-corrected chi connectivity index (χ0v) is 11.3. The van der Waals surface area contributed by atoms with Crippen molar-refractivity contribution >= 4 is 36.8 Å². The average molecular weight is 291 g/mol. The Kier molecular flexibility index (Phi) is 4.66. The fraction of sp³-hybridized carbons (Fsp3) is 0.875. The normalized spacial score (nSPS) is 21.5. The van der Waals surface area contributed by atoms with Gasteiger partial charge in [-0.15, -0.1) is 0 Å². The van der Waals surface area contributed by atoms with Gasteiger partial charge in [0.05, 0.1) is 19.6 Å². The van der Waals surface area contributed by atoms with E-state index in [0.717, 1.165) is 0 Å². The summed E-state index contributed by atoms with van der Waals surface area (Å²) < 4.78 is 25.1. The van der Waals surface area contributed by atoms with Gasteiger partial charge in [-0.05, 0) is 13.8 Å². The number of cyclic esters (lactones) is 1. The highest BCUT2D eigenvalue weighted by Gasteiger charge is 2.59. The van der Waals surface area contributed by atoms with Gasteiger partial charge in [-0.3, -0.25) is 9.36 Å². The molecule has 1 unspecified atom stereocenters. The van der Waals surface area contributed by atoms with Crippen LogP contribution in [0.1, 0.15) is 20.3 Å². The number of alkyl halides is 2. The number of halogens is 2. The molecule has 0 aromatic rings. The van der Waals surface area contributed by atoms with Gasteiger partial charge in [-0.1, -0.05) is 23.2 Å². The SMILES string of the molecule is CCOP(=O)(OCC)C(Cl)(Cl)C1CC(=O)O1. The van der Waals surface area contributed by atoms with E-state index in [1.165, 1.54) is 0 Å². The second kappa shape index (κ2) is 5.23. The molecule has 1 rings (SSSR count). The van der Waals surface area contributed by atoms with Crippen LogP contribution in [0.5, 0.6) is 0 Å². The van der Waals surface area contributed by atoms with Crippen molar-refractivity contribution < 1.29 is 23.1 Å². The highest BCUT2D eigenvalue weighted by atomic mass is 35.5. The van der Waals surface area contributed by atoms with Crippen LogP contribution in [0.15, 0.2) is 0 Å². The monoisotopic (exact) mass is 290 g/mol. The van der Waals surface area contributed by atoms with E-state index >= 15 is 0 Å². The van der Waals surface area contributed by atoms with Crippen LogP contribution >= 0.6 is 30.8 Å². The average Bonchev–Trinajstić information content (AvgIpc) is 2.13. The second-order valence-corrected chi connectivity index (χ2v) is 7.23. The number of carbonyl (C=O) groups is 1. The fourth-order valence-corrected chi connectivity index (χ4v) is 3.64. The first-order chi connectivity index (χ1) is 7.37. The standard InChI is InChI=1S/C8H13Cl2O5P/c1-3-13-16(12,14-4-2)8(9,10)6-5-7(11)15-6/h6H,3-5H2,1-2H3. The molecule has 0 amide bonds. The molecule has 0 bridgehead atoms. The summed E-state index contributed by atoms with van der Waals surface area (Å²) in [5.41, 5.74) is 0. The van der Waals surface area contributed by atoms with Crippen molar-refractivity contribution in [2.45, 2.75) is 30.4 Å². The van der Waals surface area contributed by atoms with Gasteiger partial charge in [0.25, 0.3) is 4.07 Å². The molecule has 1 saturated heterocycles. The molecule has 1 fully saturated rings. The van der Waals surface area contributed by atoms with Gasteiger partial charge in [0.1, 0.15) is 0 Å². The molecule has 1 atom stereocenters. The first-order valence-electron chi connectivity index (χ1n) is 4.84.